The Morgan fingerprint density at radius 1 is 1.12 bits per heavy atom. The first-order valence-electron chi connectivity index (χ1n) is 7.64. The van der Waals surface area contributed by atoms with Crippen molar-refractivity contribution in [1.82, 2.24) is 5.48 Å². The molecule has 0 aliphatic carbocycles. The Morgan fingerprint density at radius 3 is 2.48 bits per heavy atom. The number of rotatable bonds is 4. The Bertz CT molecular complexity index is 935. The van der Waals surface area contributed by atoms with E-state index in [1.807, 2.05) is 39.0 Å². The molecule has 1 heterocycles. The minimum absolute atomic E-state index is 0.0990. The van der Waals surface area contributed by atoms with E-state index in [0.29, 0.717) is 10.7 Å². The second-order valence-corrected chi connectivity index (χ2v) is 10.0. The number of fused-ring (bicyclic) bond motifs is 1. The molecule has 4 nitrogen and oxygen atoms in total. The molecule has 25 heavy (non-hydrogen) atoms. The molecule has 0 saturated heterocycles. The highest BCUT2D eigenvalue weighted by molar-refractivity contribution is 8.01. The van der Waals surface area contributed by atoms with Crippen molar-refractivity contribution < 1.29 is 12.7 Å². The SMILES string of the molecule is Cc1ccc(S(=O)(=O)ONC2=CC(C)(C)Sc3ccc(Cl)cc32)cc1. The standard InChI is InChI=1S/C18H18ClNO3S2/c1-12-4-7-14(8-5-12)25(21,22)23-20-16-11-18(2,3)24-17-9-6-13(19)10-15(16)17/h4-11,20H,1-3H3. The molecule has 0 radical (unpaired) electrons. The lowest BCUT2D eigenvalue weighted by molar-refractivity contribution is 0.258. The fourth-order valence-corrected chi connectivity index (χ4v) is 4.57. The van der Waals surface area contributed by atoms with Crippen LogP contribution < -0.4 is 5.48 Å². The predicted octanol–water partition coefficient (Wildman–Crippen LogP) is 4.78. The van der Waals surface area contributed by atoms with E-state index in [0.717, 1.165) is 16.0 Å². The summed E-state index contributed by atoms with van der Waals surface area (Å²) in [5.41, 5.74) is 4.99. The zero-order valence-corrected chi connectivity index (χ0v) is 16.4. The van der Waals surface area contributed by atoms with Gasteiger partial charge in [-0.2, -0.15) is 8.42 Å². The quantitative estimate of drug-likeness (QED) is 0.754. The monoisotopic (exact) mass is 395 g/mol. The van der Waals surface area contributed by atoms with Crippen LogP contribution in [0, 0.1) is 6.92 Å². The van der Waals surface area contributed by atoms with Gasteiger partial charge in [0, 0.05) is 20.2 Å². The van der Waals surface area contributed by atoms with Crippen molar-refractivity contribution in [3.63, 3.8) is 0 Å². The number of thioether (sulfide) groups is 1. The van der Waals surface area contributed by atoms with E-state index in [2.05, 4.69) is 5.48 Å². The summed E-state index contributed by atoms with van der Waals surface area (Å²) in [6, 6.07) is 12.0. The molecule has 0 unspecified atom stereocenters. The van der Waals surface area contributed by atoms with Crippen molar-refractivity contribution in [2.75, 3.05) is 0 Å². The molecule has 0 bridgehead atoms. The Hall–Kier alpha value is -1.47. The van der Waals surface area contributed by atoms with Gasteiger partial charge in [-0.25, -0.2) is 5.48 Å². The maximum atomic E-state index is 12.4. The van der Waals surface area contributed by atoms with Gasteiger partial charge >= 0.3 is 10.1 Å². The molecule has 0 atom stereocenters. The fraction of sp³-hybridized carbons (Fsp3) is 0.222. The Balaban J connectivity index is 1.88. The van der Waals surface area contributed by atoms with Gasteiger partial charge in [0.05, 0.1) is 10.6 Å². The first-order chi connectivity index (χ1) is 11.7. The summed E-state index contributed by atoms with van der Waals surface area (Å²) in [6.45, 7) is 5.99. The summed E-state index contributed by atoms with van der Waals surface area (Å²) in [7, 11) is -3.92. The molecule has 3 rings (SSSR count). The van der Waals surface area contributed by atoms with Gasteiger partial charge in [0.2, 0.25) is 0 Å². The first kappa shape index (κ1) is 18.3. The Kier molecular flexibility index (Phi) is 4.90. The van der Waals surface area contributed by atoms with Crippen LogP contribution in [0.1, 0.15) is 25.0 Å². The van der Waals surface area contributed by atoms with Gasteiger partial charge in [-0.1, -0.05) is 29.3 Å². The highest BCUT2D eigenvalue weighted by Crippen LogP contribution is 2.44. The zero-order chi connectivity index (χ0) is 18.2. The maximum absolute atomic E-state index is 12.4. The Morgan fingerprint density at radius 2 is 1.80 bits per heavy atom. The van der Waals surface area contributed by atoms with Gasteiger partial charge < -0.3 is 0 Å². The average molecular weight is 396 g/mol. The van der Waals surface area contributed by atoms with Gasteiger partial charge in [-0.05, 0) is 57.2 Å². The topological polar surface area (TPSA) is 55.4 Å². The number of halogens is 1. The first-order valence-corrected chi connectivity index (χ1v) is 10.2. The molecule has 132 valence electrons. The zero-order valence-electron chi connectivity index (χ0n) is 14.0. The molecule has 7 heteroatoms. The molecule has 0 fully saturated rings. The van der Waals surface area contributed by atoms with E-state index in [4.69, 9.17) is 15.9 Å². The van der Waals surface area contributed by atoms with Crippen LogP contribution in [0.2, 0.25) is 5.02 Å². The summed E-state index contributed by atoms with van der Waals surface area (Å²) in [4.78, 5) is 1.11. The number of benzene rings is 2. The third kappa shape index (κ3) is 4.20. The summed E-state index contributed by atoms with van der Waals surface area (Å²) >= 11 is 7.77. The molecule has 0 aromatic heterocycles. The van der Waals surface area contributed by atoms with Gasteiger partial charge in [0.15, 0.2) is 0 Å². The van der Waals surface area contributed by atoms with Crippen LogP contribution in [0.4, 0.5) is 0 Å². The maximum Gasteiger partial charge on any atom is 0.317 e. The van der Waals surface area contributed by atoms with Crippen molar-refractivity contribution >= 4 is 39.2 Å². The minimum atomic E-state index is -3.92. The number of nitrogens with one attached hydrogen (secondary N) is 1. The van der Waals surface area contributed by atoms with Crippen LogP contribution in [0.5, 0.6) is 0 Å². The van der Waals surface area contributed by atoms with Crippen LogP contribution in [0.25, 0.3) is 5.70 Å². The van der Waals surface area contributed by atoms with Crippen molar-refractivity contribution in [2.24, 2.45) is 0 Å². The van der Waals surface area contributed by atoms with E-state index in [-0.39, 0.29) is 9.64 Å². The summed E-state index contributed by atoms with van der Waals surface area (Å²) in [6.07, 6.45) is 1.93. The third-order valence-corrected chi connectivity index (χ3v) is 6.27. The summed E-state index contributed by atoms with van der Waals surface area (Å²) in [5, 5.41) is 0.577. The fourth-order valence-electron chi connectivity index (χ4n) is 2.48. The molecule has 0 amide bonds. The molecule has 0 spiro atoms. The highest BCUT2D eigenvalue weighted by atomic mass is 35.5. The van der Waals surface area contributed by atoms with Crippen molar-refractivity contribution in [3.8, 4) is 0 Å². The van der Waals surface area contributed by atoms with Gasteiger partial charge in [-0.3, -0.25) is 0 Å². The van der Waals surface area contributed by atoms with Crippen LogP contribution >= 0.6 is 23.4 Å². The van der Waals surface area contributed by atoms with Crippen LogP contribution in [0.15, 0.2) is 58.3 Å². The second-order valence-electron chi connectivity index (χ2n) is 6.36. The highest BCUT2D eigenvalue weighted by Gasteiger charge is 2.27. The third-order valence-electron chi connectivity index (χ3n) is 3.67. The van der Waals surface area contributed by atoms with Crippen molar-refractivity contribution in [1.29, 1.82) is 0 Å². The largest absolute Gasteiger partial charge is 0.317 e. The van der Waals surface area contributed by atoms with Crippen LogP contribution in [-0.4, -0.2) is 13.2 Å². The minimum Gasteiger partial charge on any atom is -0.249 e. The van der Waals surface area contributed by atoms with Crippen molar-refractivity contribution in [2.45, 2.75) is 35.3 Å². The van der Waals surface area contributed by atoms with E-state index < -0.39 is 10.1 Å². The molecule has 1 aliphatic rings. The van der Waals surface area contributed by atoms with Gasteiger partial charge in [0.25, 0.3) is 0 Å². The predicted molar refractivity (Wildman–Crippen MR) is 102 cm³/mol. The molecule has 0 saturated carbocycles. The van der Waals surface area contributed by atoms with E-state index in [1.165, 1.54) is 12.1 Å². The molecule has 1 aliphatic heterocycles. The number of hydrogen-bond donors (Lipinski definition) is 1. The molecular formula is C18H18ClNO3S2. The normalized spacial score (nSPS) is 16.1. The van der Waals surface area contributed by atoms with E-state index >= 15 is 0 Å². The molecule has 2 aromatic rings. The summed E-state index contributed by atoms with van der Waals surface area (Å²) < 4.78 is 29.6. The molecule has 2 aromatic carbocycles. The van der Waals surface area contributed by atoms with Gasteiger partial charge in [0.1, 0.15) is 0 Å². The van der Waals surface area contributed by atoms with E-state index in [1.54, 1.807) is 30.0 Å². The molecular weight excluding hydrogens is 378 g/mol. The number of aryl methyl sites for hydroxylation is 1. The summed E-state index contributed by atoms with van der Waals surface area (Å²) in [5.74, 6) is 0. The van der Waals surface area contributed by atoms with Crippen LogP contribution in [-0.2, 0) is 14.4 Å². The van der Waals surface area contributed by atoms with E-state index in [9.17, 15) is 8.42 Å². The lowest BCUT2D eigenvalue weighted by Crippen LogP contribution is -2.25. The lowest BCUT2D eigenvalue weighted by atomic mass is 10.1. The second kappa shape index (κ2) is 6.68. The average Bonchev–Trinajstić information content (AvgIpc) is 2.53. The van der Waals surface area contributed by atoms with Crippen LogP contribution in [0.3, 0.4) is 0 Å². The lowest BCUT2D eigenvalue weighted by Gasteiger charge is -2.29. The Labute approximate surface area is 157 Å². The number of hydrogen-bond acceptors (Lipinski definition) is 5. The number of hydroxylamine groups is 1. The van der Waals surface area contributed by atoms with Crippen molar-refractivity contribution in [3.05, 3.63) is 64.7 Å². The molecule has 1 N–H and O–H groups in total. The smallest absolute Gasteiger partial charge is 0.249 e. The van der Waals surface area contributed by atoms with Gasteiger partial charge in [-0.15, -0.1) is 16.0 Å².